The predicted molar refractivity (Wildman–Crippen MR) is 69.7 cm³/mol. The van der Waals surface area contributed by atoms with E-state index in [9.17, 15) is 4.79 Å². The molecule has 4 heteroatoms. The highest BCUT2D eigenvalue weighted by molar-refractivity contribution is 7.98. The van der Waals surface area contributed by atoms with E-state index in [1.807, 2.05) is 37.4 Å². The SMILES string of the molecule is CCCC(N)C(=O)Nc1cccc(SC)c1. The molecule has 0 saturated carbocycles. The van der Waals surface area contributed by atoms with Gasteiger partial charge in [-0.1, -0.05) is 19.4 Å². The number of hydrogen-bond acceptors (Lipinski definition) is 3. The number of amides is 1. The Bertz CT molecular complexity index is 355. The number of rotatable bonds is 5. The van der Waals surface area contributed by atoms with Gasteiger partial charge in [-0.05, 0) is 30.9 Å². The molecule has 1 aromatic rings. The summed E-state index contributed by atoms with van der Waals surface area (Å²) in [6, 6.07) is 7.33. The van der Waals surface area contributed by atoms with Gasteiger partial charge in [0.2, 0.25) is 5.91 Å². The van der Waals surface area contributed by atoms with E-state index >= 15 is 0 Å². The highest BCUT2D eigenvalue weighted by Crippen LogP contribution is 2.19. The van der Waals surface area contributed by atoms with Gasteiger partial charge in [0, 0.05) is 10.6 Å². The number of thioether (sulfide) groups is 1. The van der Waals surface area contributed by atoms with Crippen molar-refractivity contribution in [2.75, 3.05) is 11.6 Å². The first-order chi connectivity index (χ1) is 7.67. The summed E-state index contributed by atoms with van der Waals surface area (Å²) >= 11 is 1.65. The van der Waals surface area contributed by atoms with Crippen LogP contribution < -0.4 is 11.1 Å². The van der Waals surface area contributed by atoms with Crippen LogP contribution >= 0.6 is 11.8 Å². The highest BCUT2D eigenvalue weighted by Gasteiger charge is 2.12. The molecular weight excluding hydrogens is 220 g/mol. The van der Waals surface area contributed by atoms with E-state index in [4.69, 9.17) is 5.73 Å². The van der Waals surface area contributed by atoms with E-state index in [2.05, 4.69) is 5.32 Å². The first-order valence-electron chi connectivity index (χ1n) is 5.38. The van der Waals surface area contributed by atoms with Gasteiger partial charge in [0.05, 0.1) is 6.04 Å². The quantitative estimate of drug-likeness (QED) is 0.775. The summed E-state index contributed by atoms with van der Waals surface area (Å²) in [5.41, 5.74) is 6.54. The molecule has 1 aromatic carbocycles. The summed E-state index contributed by atoms with van der Waals surface area (Å²) in [6.07, 6.45) is 3.64. The van der Waals surface area contributed by atoms with Crippen molar-refractivity contribution in [3.05, 3.63) is 24.3 Å². The van der Waals surface area contributed by atoms with Crippen LogP contribution in [0.15, 0.2) is 29.2 Å². The molecule has 3 nitrogen and oxygen atoms in total. The maximum absolute atomic E-state index is 11.7. The normalized spacial score (nSPS) is 12.2. The maximum Gasteiger partial charge on any atom is 0.241 e. The molecule has 3 N–H and O–H groups in total. The van der Waals surface area contributed by atoms with E-state index in [1.54, 1.807) is 11.8 Å². The molecule has 0 aliphatic rings. The fraction of sp³-hybridized carbons (Fsp3) is 0.417. The summed E-state index contributed by atoms with van der Waals surface area (Å²) in [5.74, 6) is -0.111. The molecule has 0 bridgehead atoms. The minimum absolute atomic E-state index is 0.111. The van der Waals surface area contributed by atoms with Gasteiger partial charge >= 0.3 is 0 Å². The number of carbonyl (C=O) groups is 1. The third-order valence-corrected chi connectivity index (χ3v) is 3.00. The largest absolute Gasteiger partial charge is 0.325 e. The zero-order valence-corrected chi connectivity index (χ0v) is 10.5. The molecular formula is C12H18N2OS. The molecule has 0 saturated heterocycles. The van der Waals surface area contributed by atoms with Crippen LogP contribution in [-0.4, -0.2) is 18.2 Å². The van der Waals surface area contributed by atoms with E-state index in [0.29, 0.717) is 6.42 Å². The molecule has 88 valence electrons. The summed E-state index contributed by atoms with van der Waals surface area (Å²) in [4.78, 5) is 12.8. The average Bonchev–Trinajstić information content (AvgIpc) is 2.29. The van der Waals surface area contributed by atoms with Gasteiger partial charge in [-0.3, -0.25) is 4.79 Å². The lowest BCUT2D eigenvalue weighted by Gasteiger charge is -2.11. The molecule has 16 heavy (non-hydrogen) atoms. The molecule has 1 rings (SSSR count). The van der Waals surface area contributed by atoms with E-state index in [-0.39, 0.29) is 5.91 Å². The molecule has 0 aliphatic carbocycles. The third-order valence-electron chi connectivity index (χ3n) is 2.27. The van der Waals surface area contributed by atoms with Crippen molar-refractivity contribution in [3.8, 4) is 0 Å². The van der Waals surface area contributed by atoms with Crippen LogP contribution in [-0.2, 0) is 4.79 Å². The Kier molecular flexibility index (Phi) is 5.35. The average molecular weight is 238 g/mol. The Balaban J connectivity index is 2.61. The van der Waals surface area contributed by atoms with Gasteiger partial charge in [-0.15, -0.1) is 11.8 Å². The molecule has 0 heterocycles. The molecule has 0 fully saturated rings. The molecule has 0 aliphatic heterocycles. The molecule has 1 atom stereocenters. The summed E-state index contributed by atoms with van der Waals surface area (Å²) in [5, 5.41) is 2.82. The van der Waals surface area contributed by atoms with Crippen molar-refractivity contribution in [2.24, 2.45) is 5.73 Å². The van der Waals surface area contributed by atoms with Crippen molar-refractivity contribution in [1.82, 2.24) is 0 Å². The summed E-state index contributed by atoms with van der Waals surface area (Å²) in [6.45, 7) is 2.02. The Labute approximate surface area is 101 Å². The van der Waals surface area contributed by atoms with Gasteiger partial charge in [-0.25, -0.2) is 0 Å². The molecule has 0 spiro atoms. The zero-order valence-electron chi connectivity index (χ0n) is 9.69. The van der Waals surface area contributed by atoms with E-state index < -0.39 is 6.04 Å². The Morgan fingerprint density at radius 2 is 2.31 bits per heavy atom. The minimum Gasteiger partial charge on any atom is -0.325 e. The topological polar surface area (TPSA) is 55.1 Å². The van der Waals surface area contributed by atoms with Gasteiger partial charge in [-0.2, -0.15) is 0 Å². The second-order valence-electron chi connectivity index (χ2n) is 3.62. The van der Waals surface area contributed by atoms with Crippen molar-refractivity contribution < 1.29 is 4.79 Å². The van der Waals surface area contributed by atoms with Crippen molar-refractivity contribution >= 4 is 23.4 Å². The monoisotopic (exact) mass is 238 g/mol. The van der Waals surface area contributed by atoms with Crippen molar-refractivity contribution in [2.45, 2.75) is 30.7 Å². The first-order valence-corrected chi connectivity index (χ1v) is 6.60. The third kappa shape index (κ3) is 3.87. The molecule has 1 unspecified atom stereocenters. The van der Waals surface area contributed by atoms with Crippen LogP contribution in [0.4, 0.5) is 5.69 Å². The lowest BCUT2D eigenvalue weighted by Crippen LogP contribution is -2.35. The summed E-state index contributed by atoms with van der Waals surface area (Å²) < 4.78 is 0. The Morgan fingerprint density at radius 1 is 1.56 bits per heavy atom. The van der Waals surface area contributed by atoms with E-state index in [0.717, 1.165) is 17.0 Å². The molecule has 0 aromatic heterocycles. The van der Waals surface area contributed by atoms with Crippen LogP contribution in [0.1, 0.15) is 19.8 Å². The number of benzene rings is 1. The standard InChI is InChI=1S/C12H18N2OS/c1-3-5-11(13)12(15)14-9-6-4-7-10(8-9)16-2/h4,6-8,11H,3,5,13H2,1-2H3,(H,14,15). The lowest BCUT2D eigenvalue weighted by atomic mass is 10.1. The van der Waals surface area contributed by atoms with E-state index in [1.165, 1.54) is 0 Å². The number of carbonyl (C=O) groups excluding carboxylic acids is 1. The van der Waals surface area contributed by atoms with Crippen LogP contribution in [0.5, 0.6) is 0 Å². The molecule has 1 amide bonds. The smallest absolute Gasteiger partial charge is 0.241 e. The maximum atomic E-state index is 11.7. The van der Waals surface area contributed by atoms with Crippen molar-refractivity contribution in [1.29, 1.82) is 0 Å². The zero-order chi connectivity index (χ0) is 12.0. The fourth-order valence-electron chi connectivity index (χ4n) is 1.38. The second-order valence-corrected chi connectivity index (χ2v) is 4.50. The Morgan fingerprint density at radius 3 is 2.94 bits per heavy atom. The van der Waals surface area contributed by atoms with Crippen molar-refractivity contribution in [3.63, 3.8) is 0 Å². The van der Waals surface area contributed by atoms with Crippen LogP contribution in [0.3, 0.4) is 0 Å². The number of nitrogens with two attached hydrogens (primary N) is 1. The predicted octanol–water partition coefficient (Wildman–Crippen LogP) is 2.47. The van der Waals surface area contributed by atoms with Gasteiger partial charge in [0.1, 0.15) is 0 Å². The number of hydrogen-bond donors (Lipinski definition) is 2. The van der Waals surface area contributed by atoms with Gasteiger partial charge in [0.15, 0.2) is 0 Å². The molecule has 0 radical (unpaired) electrons. The lowest BCUT2D eigenvalue weighted by molar-refractivity contribution is -0.117. The van der Waals surface area contributed by atoms with Gasteiger partial charge in [0.25, 0.3) is 0 Å². The summed E-state index contributed by atoms with van der Waals surface area (Å²) in [7, 11) is 0. The second kappa shape index (κ2) is 6.55. The Hall–Kier alpha value is -1.00. The van der Waals surface area contributed by atoms with Crippen LogP contribution in [0, 0.1) is 0 Å². The number of nitrogens with one attached hydrogen (secondary N) is 1. The van der Waals surface area contributed by atoms with Crippen LogP contribution in [0.25, 0.3) is 0 Å². The minimum atomic E-state index is -0.414. The highest BCUT2D eigenvalue weighted by atomic mass is 32.2. The fourth-order valence-corrected chi connectivity index (χ4v) is 1.84. The van der Waals surface area contributed by atoms with Crippen LogP contribution in [0.2, 0.25) is 0 Å². The first kappa shape index (κ1) is 13.1. The van der Waals surface area contributed by atoms with Gasteiger partial charge < -0.3 is 11.1 Å². The number of anilines is 1.